The molecule has 0 aromatic carbocycles. The van der Waals surface area contributed by atoms with Gasteiger partial charge < -0.3 is 16.0 Å². The van der Waals surface area contributed by atoms with E-state index < -0.39 is 0 Å². The second-order valence-corrected chi connectivity index (χ2v) is 6.16. The molecule has 1 aliphatic heterocycles. The molecule has 10 heteroatoms. The topological polar surface area (TPSA) is 134 Å². The molecule has 4 heterocycles. The quantitative estimate of drug-likeness (QED) is 0.592. The minimum Gasteiger partial charge on any atom is -0.369 e. The second kappa shape index (κ2) is 6.47. The minimum absolute atomic E-state index is 0.0388. The summed E-state index contributed by atoms with van der Waals surface area (Å²) < 4.78 is 1.52. The average molecular weight is 354 g/mol. The van der Waals surface area contributed by atoms with Gasteiger partial charge in [-0.15, -0.1) is 0 Å². The normalized spacial score (nSPS) is 15.3. The van der Waals surface area contributed by atoms with Crippen molar-refractivity contribution in [1.82, 2.24) is 29.9 Å². The second-order valence-electron chi connectivity index (χ2n) is 6.16. The molecule has 0 saturated carbocycles. The molecule has 26 heavy (non-hydrogen) atoms. The summed E-state index contributed by atoms with van der Waals surface area (Å²) in [4.78, 5) is 36.8. The van der Waals surface area contributed by atoms with Crippen LogP contribution >= 0.6 is 0 Å². The molecule has 0 unspecified atom stereocenters. The van der Waals surface area contributed by atoms with Crippen molar-refractivity contribution in [2.45, 2.75) is 18.9 Å². The molecule has 0 bridgehead atoms. The van der Waals surface area contributed by atoms with E-state index in [0.717, 1.165) is 12.8 Å². The largest absolute Gasteiger partial charge is 0.369 e. The van der Waals surface area contributed by atoms with Crippen LogP contribution in [0.25, 0.3) is 5.65 Å². The number of fused-ring (bicyclic) bond motifs is 1. The van der Waals surface area contributed by atoms with Gasteiger partial charge in [-0.3, -0.25) is 14.6 Å². The number of carbonyl (C=O) groups excluding carboxylic acids is 1. The molecule has 3 aromatic rings. The summed E-state index contributed by atoms with van der Waals surface area (Å²) in [5, 5.41) is 7.13. The van der Waals surface area contributed by atoms with Crippen LogP contribution < -0.4 is 21.5 Å². The van der Waals surface area contributed by atoms with Gasteiger partial charge in [-0.1, -0.05) is 6.07 Å². The lowest BCUT2D eigenvalue weighted by atomic mass is 10.0. The number of anilines is 2. The van der Waals surface area contributed by atoms with E-state index in [2.05, 4.69) is 25.4 Å². The summed E-state index contributed by atoms with van der Waals surface area (Å²) in [6, 6.07) is 6.76. The van der Waals surface area contributed by atoms with Gasteiger partial charge in [-0.2, -0.15) is 10.1 Å². The van der Waals surface area contributed by atoms with Crippen LogP contribution in [0.1, 0.15) is 23.3 Å². The van der Waals surface area contributed by atoms with Gasteiger partial charge in [0, 0.05) is 25.2 Å². The van der Waals surface area contributed by atoms with Crippen LogP contribution in [0.3, 0.4) is 0 Å². The van der Waals surface area contributed by atoms with Crippen LogP contribution in [0.2, 0.25) is 0 Å². The number of hydrogen-bond donors (Lipinski definition) is 3. The molecule has 1 fully saturated rings. The Balaban J connectivity index is 1.41. The Morgan fingerprint density at radius 2 is 2.12 bits per heavy atom. The van der Waals surface area contributed by atoms with Crippen molar-refractivity contribution in [3.8, 4) is 0 Å². The number of aromatic amines is 1. The van der Waals surface area contributed by atoms with Crippen molar-refractivity contribution in [3.63, 3.8) is 0 Å². The van der Waals surface area contributed by atoms with Crippen LogP contribution in [-0.2, 0) is 0 Å². The SMILES string of the molecule is Nc1nc(N2CCC(NC(=O)c3cccc4ncnn34)CC2)cc(=O)[nH]1. The predicted octanol–water partition coefficient (Wildman–Crippen LogP) is -0.206. The fourth-order valence-electron chi connectivity index (χ4n) is 3.15. The first-order valence-corrected chi connectivity index (χ1v) is 8.31. The van der Waals surface area contributed by atoms with E-state index in [4.69, 9.17) is 5.73 Å². The Labute approximate surface area is 148 Å². The summed E-state index contributed by atoms with van der Waals surface area (Å²) >= 11 is 0. The molecule has 3 aromatic heterocycles. The minimum atomic E-state index is -0.274. The van der Waals surface area contributed by atoms with E-state index in [1.54, 1.807) is 18.2 Å². The van der Waals surface area contributed by atoms with Gasteiger partial charge in [0.05, 0.1) is 0 Å². The molecule has 0 radical (unpaired) electrons. The number of nitrogens with zero attached hydrogens (tertiary/aromatic N) is 5. The number of nitrogens with one attached hydrogen (secondary N) is 2. The van der Waals surface area contributed by atoms with Gasteiger partial charge in [0.25, 0.3) is 11.5 Å². The lowest BCUT2D eigenvalue weighted by molar-refractivity contribution is 0.0923. The molecule has 0 atom stereocenters. The third-order valence-corrected chi connectivity index (χ3v) is 4.43. The maximum absolute atomic E-state index is 12.6. The zero-order chi connectivity index (χ0) is 18.1. The molecule has 1 amide bonds. The van der Waals surface area contributed by atoms with Crippen molar-refractivity contribution < 1.29 is 4.79 Å². The number of hydrogen-bond acceptors (Lipinski definition) is 7. The highest BCUT2D eigenvalue weighted by Gasteiger charge is 2.23. The van der Waals surface area contributed by atoms with Gasteiger partial charge in [0.15, 0.2) is 5.65 Å². The first-order chi connectivity index (χ1) is 12.6. The number of piperidine rings is 1. The molecular formula is C16H18N8O2. The standard InChI is InChI=1S/C16H18N8O2/c17-16-21-13(8-14(25)22-16)23-6-4-10(5-7-23)20-15(26)11-2-1-3-12-18-9-19-24(11)12/h1-3,8-10H,4-7H2,(H,20,26)(H3,17,21,22,25). The fraction of sp³-hybridized carbons (Fsp3) is 0.312. The molecule has 0 aliphatic carbocycles. The molecule has 1 aliphatic rings. The smallest absolute Gasteiger partial charge is 0.270 e. The van der Waals surface area contributed by atoms with E-state index in [9.17, 15) is 9.59 Å². The van der Waals surface area contributed by atoms with Crippen molar-refractivity contribution in [1.29, 1.82) is 0 Å². The van der Waals surface area contributed by atoms with Gasteiger partial charge in [0.2, 0.25) is 5.95 Å². The van der Waals surface area contributed by atoms with Crippen LogP contribution in [0.5, 0.6) is 0 Å². The molecule has 4 N–H and O–H groups in total. The Morgan fingerprint density at radius 3 is 2.88 bits per heavy atom. The van der Waals surface area contributed by atoms with Gasteiger partial charge in [-0.25, -0.2) is 9.50 Å². The lowest BCUT2D eigenvalue weighted by Crippen LogP contribution is -2.45. The van der Waals surface area contributed by atoms with Crippen molar-refractivity contribution >= 4 is 23.3 Å². The van der Waals surface area contributed by atoms with Gasteiger partial charge in [0.1, 0.15) is 17.8 Å². The Morgan fingerprint density at radius 1 is 1.31 bits per heavy atom. The number of rotatable bonds is 3. The Bertz CT molecular complexity index is 1000. The average Bonchev–Trinajstić information content (AvgIpc) is 3.10. The number of carbonyl (C=O) groups is 1. The van der Waals surface area contributed by atoms with E-state index >= 15 is 0 Å². The van der Waals surface area contributed by atoms with Crippen molar-refractivity contribution in [2.24, 2.45) is 0 Å². The van der Waals surface area contributed by atoms with Crippen LogP contribution in [0, 0.1) is 0 Å². The zero-order valence-electron chi connectivity index (χ0n) is 13.9. The highest BCUT2D eigenvalue weighted by Crippen LogP contribution is 2.17. The molecule has 134 valence electrons. The molecule has 10 nitrogen and oxygen atoms in total. The monoisotopic (exact) mass is 354 g/mol. The number of H-pyrrole nitrogens is 1. The number of nitrogen functional groups attached to an aromatic ring is 1. The van der Waals surface area contributed by atoms with Crippen LogP contribution in [-0.4, -0.2) is 49.6 Å². The van der Waals surface area contributed by atoms with E-state index in [-0.39, 0.29) is 23.5 Å². The zero-order valence-corrected chi connectivity index (χ0v) is 13.9. The number of amides is 1. The summed E-state index contributed by atoms with van der Waals surface area (Å²) in [5.41, 5.74) is 6.40. The summed E-state index contributed by atoms with van der Waals surface area (Å²) in [6.45, 7) is 1.35. The van der Waals surface area contributed by atoms with Crippen LogP contribution in [0.15, 0.2) is 35.4 Å². The summed E-state index contributed by atoms with van der Waals surface area (Å²) in [6.07, 6.45) is 2.91. The number of aromatic nitrogens is 5. The van der Waals surface area contributed by atoms with Gasteiger partial charge in [-0.05, 0) is 25.0 Å². The molecule has 4 rings (SSSR count). The maximum Gasteiger partial charge on any atom is 0.270 e. The molecule has 0 spiro atoms. The fourth-order valence-corrected chi connectivity index (χ4v) is 3.15. The highest BCUT2D eigenvalue weighted by atomic mass is 16.2. The first kappa shape index (κ1) is 16.1. The Hall–Kier alpha value is -3.43. The van der Waals surface area contributed by atoms with E-state index in [1.807, 2.05) is 4.90 Å². The number of pyridine rings is 1. The summed E-state index contributed by atoms with van der Waals surface area (Å²) in [7, 11) is 0. The third-order valence-electron chi connectivity index (χ3n) is 4.43. The van der Waals surface area contributed by atoms with Crippen molar-refractivity contribution in [2.75, 3.05) is 23.7 Å². The number of nitrogens with two attached hydrogens (primary N) is 1. The Kier molecular flexibility index (Phi) is 3.99. The van der Waals surface area contributed by atoms with E-state index in [0.29, 0.717) is 30.2 Å². The maximum atomic E-state index is 12.6. The van der Waals surface area contributed by atoms with E-state index in [1.165, 1.54) is 16.9 Å². The predicted molar refractivity (Wildman–Crippen MR) is 95.0 cm³/mol. The highest BCUT2D eigenvalue weighted by molar-refractivity contribution is 5.93. The first-order valence-electron chi connectivity index (χ1n) is 8.31. The lowest BCUT2D eigenvalue weighted by Gasteiger charge is -2.33. The molecular weight excluding hydrogens is 336 g/mol. The van der Waals surface area contributed by atoms with Crippen LogP contribution in [0.4, 0.5) is 11.8 Å². The van der Waals surface area contributed by atoms with Crippen molar-refractivity contribution in [3.05, 3.63) is 46.6 Å². The molecule has 1 saturated heterocycles. The van der Waals surface area contributed by atoms with Gasteiger partial charge >= 0.3 is 0 Å². The summed E-state index contributed by atoms with van der Waals surface area (Å²) in [5.74, 6) is 0.477. The third kappa shape index (κ3) is 3.08.